The van der Waals surface area contributed by atoms with Gasteiger partial charge in [-0.3, -0.25) is 4.90 Å². The molecule has 0 aromatic carbocycles. The first-order valence-electron chi connectivity index (χ1n) is 6.45. The van der Waals surface area contributed by atoms with Crippen molar-refractivity contribution in [2.24, 2.45) is 0 Å². The van der Waals surface area contributed by atoms with Crippen LogP contribution in [0, 0.1) is 11.8 Å². The molecular weight excluding hydrogens is 196 g/mol. The van der Waals surface area contributed by atoms with E-state index in [1.807, 2.05) is 14.0 Å². The van der Waals surface area contributed by atoms with E-state index in [2.05, 4.69) is 35.9 Å². The molecule has 1 aliphatic heterocycles. The number of likely N-dealkylation sites (tertiary alicyclic amines) is 1. The Balaban J connectivity index is 2.65. The summed E-state index contributed by atoms with van der Waals surface area (Å²) in [5.41, 5.74) is 0.207. The summed E-state index contributed by atoms with van der Waals surface area (Å²) in [6.45, 7) is 9.09. The minimum atomic E-state index is 0.207. The van der Waals surface area contributed by atoms with Gasteiger partial charge in [0.2, 0.25) is 0 Å². The molecule has 92 valence electrons. The molecule has 0 aromatic rings. The maximum absolute atomic E-state index is 3.43. The summed E-state index contributed by atoms with van der Waals surface area (Å²) in [7, 11) is 2.05. The average molecular weight is 222 g/mol. The predicted molar refractivity (Wildman–Crippen MR) is 70.4 cm³/mol. The van der Waals surface area contributed by atoms with Crippen molar-refractivity contribution >= 4 is 0 Å². The van der Waals surface area contributed by atoms with E-state index >= 15 is 0 Å². The summed E-state index contributed by atoms with van der Waals surface area (Å²) in [5.74, 6) is 6.20. The Kier molecular flexibility index (Phi) is 5.31. The highest BCUT2D eigenvalue weighted by atomic mass is 15.2. The molecule has 1 rings (SSSR count). The lowest BCUT2D eigenvalue weighted by molar-refractivity contribution is 0.0650. The monoisotopic (exact) mass is 222 g/mol. The molecule has 2 nitrogen and oxygen atoms in total. The van der Waals surface area contributed by atoms with Crippen molar-refractivity contribution in [2.45, 2.75) is 58.0 Å². The number of hydrogen-bond donors (Lipinski definition) is 1. The van der Waals surface area contributed by atoms with Crippen LogP contribution >= 0.6 is 0 Å². The topological polar surface area (TPSA) is 15.3 Å². The van der Waals surface area contributed by atoms with Crippen LogP contribution in [0.3, 0.4) is 0 Å². The van der Waals surface area contributed by atoms with Gasteiger partial charge in [0, 0.05) is 18.0 Å². The highest BCUT2D eigenvalue weighted by molar-refractivity contribution is 5.04. The van der Waals surface area contributed by atoms with E-state index in [9.17, 15) is 0 Å². The van der Waals surface area contributed by atoms with Crippen LogP contribution in [0.1, 0.15) is 46.5 Å². The Morgan fingerprint density at radius 1 is 1.25 bits per heavy atom. The molecule has 1 atom stereocenters. The zero-order chi connectivity index (χ0) is 12.0. The van der Waals surface area contributed by atoms with Crippen LogP contribution in [0.4, 0.5) is 0 Å². The van der Waals surface area contributed by atoms with Crippen LogP contribution in [0.5, 0.6) is 0 Å². The van der Waals surface area contributed by atoms with Crippen molar-refractivity contribution in [2.75, 3.05) is 20.1 Å². The zero-order valence-electron chi connectivity index (χ0n) is 11.3. The number of nitrogens with one attached hydrogen (secondary N) is 1. The first-order chi connectivity index (χ1) is 7.62. The molecular formula is C14H26N2. The van der Waals surface area contributed by atoms with E-state index in [4.69, 9.17) is 0 Å². The summed E-state index contributed by atoms with van der Waals surface area (Å²) in [6, 6.07) is 0.457. The van der Waals surface area contributed by atoms with Crippen molar-refractivity contribution < 1.29 is 0 Å². The van der Waals surface area contributed by atoms with Gasteiger partial charge in [-0.05, 0) is 53.8 Å². The molecule has 1 N–H and O–H groups in total. The molecule has 0 aliphatic carbocycles. The largest absolute Gasteiger partial charge is 0.314 e. The molecule has 1 aliphatic rings. The lowest BCUT2D eigenvalue weighted by Crippen LogP contribution is -2.58. The fourth-order valence-corrected chi connectivity index (χ4v) is 2.60. The van der Waals surface area contributed by atoms with Crippen molar-refractivity contribution in [1.29, 1.82) is 0 Å². The smallest absolute Gasteiger partial charge is 0.0354 e. The number of nitrogens with zero attached hydrogens (tertiary/aromatic N) is 1. The molecule has 0 bridgehead atoms. The average Bonchev–Trinajstić information content (AvgIpc) is 2.31. The Hall–Kier alpha value is -0.520. The highest BCUT2D eigenvalue weighted by Gasteiger charge is 2.34. The lowest BCUT2D eigenvalue weighted by Gasteiger charge is -2.45. The number of hydrogen-bond acceptors (Lipinski definition) is 2. The summed E-state index contributed by atoms with van der Waals surface area (Å²) >= 11 is 0. The second kappa shape index (κ2) is 6.27. The summed E-state index contributed by atoms with van der Waals surface area (Å²) in [4.78, 5) is 2.62. The fraction of sp³-hybridized carbons (Fsp3) is 0.857. The van der Waals surface area contributed by atoms with Crippen LogP contribution in [-0.4, -0.2) is 36.6 Å². The molecule has 0 radical (unpaired) electrons. The first-order valence-corrected chi connectivity index (χ1v) is 6.45. The van der Waals surface area contributed by atoms with E-state index in [1.54, 1.807) is 0 Å². The van der Waals surface area contributed by atoms with Crippen LogP contribution < -0.4 is 5.32 Å². The molecule has 1 heterocycles. The number of likely N-dealkylation sites (N-methyl/N-ethyl adjacent to an activating group) is 1. The minimum Gasteiger partial charge on any atom is -0.314 e. The lowest BCUT2D eigenvalue weighted by atomic mass is 9.88. The molecule has 16 heavy (non-hydrogen) atoms. The molecule has 0 saturated carbocycles. The third kappa shape index (κ3) is 3.23. The minimum absolute atomic E-state index is 0.207. The maximum atomic E-state index is 3.43. The van der Waals surface area contributed by atoms with E-state index < -0.39 is 0 Å². The summed E-state index contributed by atoms with van der Waals surface area (Å²) in [6.07, 6.45) is 5.03. The van der Waals surface area contributed by atoms with Gasteiger partial charge in [0.15, 0.2) is 0 Å². The van der Waals surface area contributed by atoms with Crippen LogP contribution in [0.25, 0.3) is 0 Å². The second-order valence-electron chi connectivity index (χ2n) is 5.17. The normalized spacial score (nSPS) is 20.0. The van der Waals surface area contributed by atoms with Crippen molar-refractivity contribution in [3.05, 3.63) is 0 Å². The molecule has 0 amide bonds. The van der Waals surface area contributed by atoms with Crippen LogP contribution in [-0.2, 0) is 0 Å². The van der Waals surface area contributed by atoms with E-state index in [1.165, 1.54) is 32.4 Å². The van der Waals surface area contributed by atoms with Gasteiger partial charge in [-0.25, -0.2) is 0 Å². The van der Waals surface area contributed by atoms with Gasteiger partial charge in [-0.15, -0.1) is 11.8 Å². The van der Waals surface area contributed by atoms with Gasteiger partial charge in [-0.2, -0.15) is 0 Å². The third-order valence-corrected chi connectivity index (χ3v) is 3.86. The Morgan fingerprint density at radius 3 is 2.38 bits per heavy atom. The molecule has 1 unspecified atom stereocenters. The van der Waals surface area contributed by atoms with Crippen molar-refractivity contribution in [1.82, 2.24) is 10.2 Å². The standard InChI is InChI=1S/C14H26N2/c1-5-6-10-13(15-4)14(2,3)16-11-8-7-9-12-16/h13,15H,7-12H2,1-4H3. The predicted octanol–water partition coefficient (Wildman–Crippen LogP) is 2.25. The van der Waals surface area contributed by atoms with Gasteiger partial charge in [-0.1, -0.05) is 6.42 Å². The highest BCUT2D eigenvalue weighted by Crippen LogP contribution is 2.25. The summed E-state index contributed by atoms with van der Waals surface area (Å²) < 4.78 is 0. The number of piperidine rings is 1. The van der Waals surface area contributed by atoms with Gasteiger partial charge >= 0.3 is 0 Å². The maximum Gasteiger partial charge on any atom is 0.0354 e. The Labute approximate surface area is 101 Å². The third-order valence-electron chi connectivity index (χ3n) is 3.86. The Bertz CT molecular complexity index is 254. The number of rotatable bonds is 4. The Morgan fingerprint density at radius 2 is 1.88 bits per heavy atom. The van der Waals surface area contributed by atoms with Gasteiger partial charge in [0.1, 0.15) is 0 Å². The summed E-state index contributed by atoms with van der Waals surface area (Å²) in [5, 5.41) is 3.43. The van der Waals surface area contributed by atoms with Crippen molar-refractivity contribution in [3.63, 3.8) is 0 Å². The van der Waals surface area contributed by atoms with Crippen molar-refractivity contribution in [3.8, 4) is 11.8 Å². The molecule has 0 aromatic heterocycles. The van der Waals surface area contributed by atoms with Gasteiger partial charge < -0.3 is 5.32 Å². The SMILES string of the molecule is CC#CCC(NC)C(C)(C)N1CCCCC1. The van der Waals surface area contributed by atoms with Crippen LogP contribution in [0.15, 0.2) is 0 Å². The molecule has 1 saturated heterocycles. The van der Waals surface area contributed by atoms with E-state index in [0.29, 0.717) is 6.04 Å². The van der Waals surface area contributed by atoms with Gasteiger partial charge in [0.05, 0.1) is 0 Å². The quantitative estimate of drug-likeness (QED) is 0.734. The molecule has 2 heteroatoms. The van der Waals surface area contributed by atoms with Crippen LogP contribution in [0.2, 0.25) is 0 Å². The zero-order valence-corrected chi connectivity index (χ0v) is 11.3. The van der Waals surface area contributed by atoms with Gasteiger partial charge in [0.25, 0.3) is 0 Å². The second-order valence-corrected chi connectivity index (χ2v) is 5.17. The molecule has 1 fully saturated rings. The molecule has 0 spiro atoms. The van der Waals surface area contributed by atoms with E-state index in [-0.39, 0.29) is 5.54 Å². The first kappa shape index (κ1) is 13.5. The fourth-order valence-electron chi connectivity index (χ4n) is 2.60. The van der Waals surface area contributed by atoms with E-state index in [0.717, 1.165) is 6.42 Å².